The van der Waals surface area contributed by atoms with Crippen LogP contribution >= 0.6 is 15.6 Å². The minimum atomic E-state index is -4.95. The van der Waals surface area contributed by atoms with E-state index in [9.17, 15) is 43.2 Å². The molecule has 0 rings (SSSR count). The zero-order chi connectivity index (χ0) is 64.3. The number of ether oxygens (including phenoxy) is 4. The van der Waals surface area contributed by atoms with Gasteiger partial charge in [0, 0.05) is 25.7 Å². The number of phosphoric ester groups is 2. The Morgan fingerprint density at radius 1 is 0.310 bits per heavy atom. The van der Waals surface area contributed by atoms with Crippen LogP contribution in [-0.2, 0) is 65.4 Å². The second kappa shape index (κ2) is 60.3. The van der Waals surface area contributed by atoms with Gasteiger partial charge in [-0.2, -0.15) is 0 Å². The van der Waals surface area contributed by atoms with E-state index in [0.29, 0.717) is 31.6 Å². The largest absolute Gasteiger partial charge is 0.472 e. The normalized spacial score (nSPS) is 14.2. The molecular weight excluding hydrogens is 1150 g/mol. The van der Waals surface area contributed by atoms with Crippen LogP contribution in [0.2, 0.25) is 0 Å². The van der Waals surface area contributed by atoms with Gasteiger partial charge in [0.1, 0.15) is 19.3 Å². The first kappa shape index (κ1) is 85.1. The molecule has 2 unspecified atom stereocenters. The fourth-order valence-electron chi connectivity index (χ4n) is 10.2. The molecule has 0 saturated heterocycles. The number of carbonyl (C=O) groups excluding carboxylic acids is 4. The van der Waals surface area contributed by atoms with Gasteiger partial charge in [-0.3, -0.25) is 37.3 Å². The summed E-state index contributed by atoms with van der Waals surface area (Å²) in [6.07, 6.45) is 44.5. The molecule has 0 heterocycles. The molecule has 0 aromatic heterocycles. The standard InChI is InChI=1S/C68H132O17P2/c1-7-9-11-13-15-17-18-24-27-33-39-45-51-66(71)79-57-63(84-67(72)52-46-40-34-28-25-22-20-19-21-23-26-30-36-42-48-60(3)4)58-82-86(74,75)80-54-62(69)55-81-87(76,77)83-59-64(56-78-65(70)50-44-38-32-16-14-12-10-8-2)85-68(73)53-47-41-35-29-31-37-43-49-61(5)6/h60-64,69H,7-59H2,1-6H3,(H,74,75)(H,76,77)/t62-,63-,64-/m1/s1. The number of carbonyl (C=O) groups is 4. The lowest BCUT2D eigenvalue weighted by Gasteiger charge is -2.21. The zero-order valence-electron chi connectivity index (χ0n) is 56.3. The molecule has 19 heteroatoms. The fraction of sp³-hybridized carbons (Fsp3) is 0.941. The summed E-state index contributed by atoms with van der Waals surface area (Å²) in [7, 11) is -9.89. The van der Waals surface area contributed by atoms with Crippen molar-refractivity contribution < 1.29 is 80.2 Å². The van der Waals surface area contributed by atoms with Crippen LogP contribution in [0.3, 0.4) is 0 Å². The first-order valence-corrected chi connectivity index (χ1v) is 38.5. The van der Waals surface area contributed by atoms with Gasteiger partial charge in [0.2, 0.25) is 0 Å². The molecule has 0 aromatic carbocycles. The molecule has 0 fully saturated rings. The van der Waals surface area contributed by atoms with Gasteiger partial charge in [0.15, 0.2) is 12.2 Å². The Balaban J connectivity index is 5.21. The van der Waals surface area contributed by atoms with Crippen molar-refractivity contribution in [2.24, 2.45) is 11.8 Å². The van der Waals surface area contributed by atoms with E-state index in [0.717, 1.165) is 102 Å². The second-order valence-corrected chi connectivity index (χ2v) is 28.4. The third-order valence-corrected chi connectivity index (χ3v) is 17.6. The topological polar surface area (TPSA) is 237 Å². The number of hydrogen-bond donors (Lipinski definition) is 3. The molecular formula is C68H132O17P2. The SMILES string of the molecule is CCCCCCCCCCCCCCC(=O)OC[C@H](COP(=O)(O)OC[C@@H](O)COP(=O)(O)OC[C@@H](COC(=O)CCCCCCCCCC)OC(=O)CCCCCCCCCC(C)C)OC(=O)CCCCCCCCCCCCCCCCC(C)C. The molecule has 516 valence electrons. The Morgan fingerprint density at radius 2 is 0.529 bits per heavy atom. The fourth-order valence-corrected chi connectivity index (χ4v) is 11.8. The Bertz CT molecular complexity index is 1700. The van der Waals surface area contributed by atoms with E-state index >= 15 is 0 Å². The number of unbranched alkanes of at least 4 members (excludes halogenated alkanes) is 37. The summed E-state index contributed by atoms with van der Waals surface area (Å²) in [5, 5.41) is 10.6. The Labute approximate surface area is 530 Å². The van der Waals surface area contributed by atoms with Crippen molar-refractivity contribution >= 4 is 39.5 Å². The van der Waals surface area contributed by atoms with Gasteiger partial charge in [-0.05, 0) is 37.5 Å². The average molecular weight is 1280 g/mol. The van der Waals surface area contributed by atoms with Crippen molar-refractivity contribution in [3.63, 3.8) is 0 Å². The zero-order valence-corrected chi connectivity index (χ0v) is 58.1. The van der Waals surface area contributed by atoms with Gasteiger partial charge in [0.25, 0.3) is 0 Å². The summed E-state index contributed by atoms with van der Waals surface area (Å²) in [4.78, 5) is 72.3. The third-order valence-electron chi connectivity index (χ3n) is 15.7. The highest BCUT2D eigenvalue weighted by Crippen LogP contribution is 2.45. The summed E-state index contributed by atoms with van der Waals surface area (Å²) in [5.74, 6) is -0.640. The summed E-state index contributed by atoms with van der Waals surface area (Å²) in [6, 6.07) is 0. The van der Waals surface area contributed by atoms with Gasteiger partial charge >= 0.3 is 39.5 Å². The van der Waals surface area contributed by atoms with Crippen LogP contribution in [-0.4, -0.2) is 96.7 Å². The van der Waals surface area contributed by atoms with Crippen molar-refractivity contribution in [3.05, 3.63) is 0 Å². The summed E-state index contributed by atoms with van der Waals surface area (Å²) in [5.41, 5.74) is 0. The van der Waals surface area contributed by atoms with Gasteiger partial charge in [-0.25, -0.2) is 9.13 Å². The highest BCUT2D eigenvalue weighted by molar-refractivity contribution is 7.47. The first-order valence-electron chi connectivity index (χ1n) is 35.5. The van der Waals surface area contributed by atoms with Crippen molar-refractivity contribution in [2.75, 3.05) is 39.6 Å². The van der Waals surface area contributed by atoms with E-state index in [-0.39, 0.29) is 25.7 Å². The van der Waals surface area contributed by atoms with Crippen LogP contribution < -0.4 is 0 Å². The molecule has 17 nitrogen and oxygen atoms in total. The lowest BCUT2D eigenvalue weighted by molar-refractivity contribution is -0.161. The molecule has 87 heavy (non-hydrogen) atoms. The Morgan fingerprint density at radius 3 is 0.782 bits per heavy atom. The van der Waals surface area contributed by atoms with E-state index in [1.807, 2.05) is 0 Å². The third kappa shape index (κ3) is 62.6. The molecule has 0 aromatic rings. The van der Waals surface area contributed by atoms with E-state index in [1.165, 1.54) is 154 Å². The van der Waals surface area contributed by atoms with Gasteiger partial charge in [-0.15, -0.1) is 0 Å². The minimum Gasteiger partial charge on any atom is -0.462 e. The quantitative estimate of drug-likeness (QED) is 0.0222. The molecule has 0 radical (unpaired) electrons. The van der Waals surface area contributed by atoms with Crippen LogP contribution in [0.1, 0.15) is 343 Å². The molecule has 0 saturated carbocycles. The lowest BCUT2D eigenvalue weighted by atomic mass is 10.0. The van der Waals surface area contributed by atoms with E-state index in [4.69, 9.17) is 37.0 Å². The predicted molar refractivity (Wildman–Crippen MR) is 349 cm³/mol. The molecule has 0 aliphatic carbocycles. The average Bonchev–Trinajstić information content (AvgIpc) is 3.50. The maximum Gasteiger partial charge on any atom is 0.472 e. The number of esters is 4. The molecule has 0 aliphatic rings. The predicted octanol–water partition coefficient (Wildman–Crippen LogP) is 19.2. The lowest BCUT2D eigenvalue weighted by Crippen LogP contribution is -2.30. The summed E-state index contributed by atoms with van der Waals surface area (Å²) < 4.78 is 68.1. The van der Waals surface area contributed by atoms with E-state index < -0.39 is 97.5 Å². The molecule has 0 spiro atoms. The van der Waals surface area contributed by atoms with E-state index in [2.05, 4.69) is 41.5 Å². The van der Waals surface area contributed by atoms with Gasteiger partial charge < -0.3 is 33.8 Å². The minimum absolute atomic E-state index is 0.103. The number of rotatable bonds is 67. The highest BCUT2D eigenvalue weighted by atomic mass is 31.2. The first-order chi connectivity index (χ1) is 41.9. The van der Waals surface area contributed by atoms with Crippen molar-refractivity contribution in [1.82, 2.24) is 0 Å². The monoisotopic (exact) mass is 1280 g/mol. The van der Waals surface area contributed by atoms with E-state index in [1.54, 1.807) is 0 Å². The van der Waals surface area contributed by atoms with Crippen LogP contribution in [0.25, 0.3) is 0 Å². The second-order valence-electron chi connectivity index (χ2n) is 25.5. The van der Waals surface area contributed by atoms with Crippen molar-refractivity contribution in [2.45, 2.75) is 362 Å². The number of aliphatic hydroxyl groups is 1. The molecule has 0 bridgehead atoms. The molecule has 0 amide bonds. The van der Waals surface area contributed by atoms with Crippen LogP contribution in [0.5, 0.6) is 0 Å². The van der Waals surface area contributed by atoms with Crippen LogP contribution in [0, 0.1) is 11.8 Å². The Hall–Kier alpha value is -1.94. The molecule has 3 N–H and O–H groups in total. The number of phosphoric acid groups is 2. The van der Waals surface area contributed by atoms with Crippen LogP contribution in [0.15, 0.2) is 0 Å². The summed E-state index contributed by atoms with van der Waals surface area (Å²) >= 11 is 0. The highest BCUT2D eigenvalue weighted by Gasteiger charge is 2.30. The van der Waals surface area contributed by atoms with Crippen molar-refractivity contribution in [1.29, 1.82) is 0 Å². The number of aliphatic hydroxyl groups excluding tert-OH is 1. The van der Waals surface area contributed by atoms with Gasteiger partial charge in [0.05, 0.1) is 26.4 Å². The van der Waals surface area contributed by atoms with Crippen LogP contribution in [0.4, 0.5) is 0 Å². The van der Waals surface area contributed by atoms with Gasteiger partial charge in [-0.1, -0.05) is 292 Å². The van der Waals surface area contributed by atoms with Crippen molar-refractivity contribution in [3.8, 4) is 0 Å². The Kier molecular flexibility index (Phi) is 59.0. The molecule has 0 aliphatic heterocycles. The smallest absolute Gasteiger partial charge is 0.462 e. The number of hydrogen-bond acceptors (Lipinski definition) is 15. The molecule has 5 atom stereocenters. The maximum atomic E-state index is 13.0. The summed E-state index contributed by atoms with van der Waals surface area (Å²) in [6.45, 7) is 9.46. The maximum absolute atomic E-state index is 13.0.